The summed E-state index contributed by atoms with van der Waals surface area (Å²) >= 11 is 0. The van der Waals surface area contributed by atoms with Gasteiger partial charge in [0.15, 0.2) is 0 Å². The second-order valence-electron chi connectivity index (χ2n) is 12.5. The van der Waals surface area contributed by atoms with Crippen molar-refractivity contribution in [3.8, 4) is 28.6 Å². The van der Waals surface area contributed by atoms with Gasteiger partial charge in [0.2, 0.25) is 0 Å². The Balaban J connectivity index is 1.18. The van der Waals surface area contributed by atoms with Crippen molar-refractivity contribution < 1.29 is 0 Å². The van der Waals surface area contributed by atoms with Crippen LogP contribution in [0.5, 0.6) is 0 Å². The molecule has 0 saturated carbocycles. The lowest BCUT2D eigenvalue weighted by molar-refractivity contribution is 1.18. The van der Waals surface area contributed by atoms with E-state index in [0.717, 1.165) is 32.9 Å². The van der Waals surface area contributed by atoms with Gasteiger partial charge in [-0.2, -0.15) is 5.26 Å². The van der Waals surface area contributed by atoms with Gasteiger partial charge in [-0.25, -0.2) is 0 Å². The molecule has 0 aliphatic carbocycles. The van der Waals surface area contributed by atoms with E-state index in [-0.39, 0.29) is 0 Å². The summed E-state index contributed by atoms with van der Waals surface area (Å²) < 4.78 is 4.75. The molecule has 0 fully saturated rings. The van der Waals surface area contributed by atoms with Gasteiger partial charge in [0.1, 0.15) is 0 Å². The molecule has 0 aliphatic heterocycles. The lowest BCUT2D eigenvalue weighted by Gasteiger charge is -2.12. The fourth-order valence-corrected chi connectivity index (χ4v) is 7.69. The number of nitrogens with zero attached hydrogens (tertiary/aromatic N) is 3. The fraction of sp³-hybridized carbons (Fsp3) is 0. The first-order valence-electron chi connectivity index (χ1n) is 16.2. The Morgan fingerprint density at radius 1 is 0.354 bits per heavy atom. The molecule has 0 saturated heterocycles. The van der Waals surface area contributed by atoms with Crippen LogP contribution in [0.2, 0.25) is 0 Å². The molecule has 0 N–H and O–H groups in total. The van der Waals surface area contributed by atoms with Gasteiger partial charge in [-0.05, 0) is 99.4 Å². The van der Waals surface area contributed by atoms with Crippen molar-refractivity contribution >= 4 is 65.2 Å². The normalized spacial score (nSPS) is 11.7. The zero-order valence-electron chi connectivity index (χ0n) is 25.9. The molecular formula is C45H27N3. The molecule has 8 aromatic carbocycles. The van der Waals surface area contributed by atoms with E-state index in [2.05, 4.69) is 161 Å². The van der Waals surface area contributed by atoms with Crippen LogP contribution in [0.4, 0.5) is 0 Å². The van der Waals surface area contributed by atoms with Gasteiger partial charge >= 0.3 is 0 Å². The zero-order valence-corrected chi connectivity index (χ0v) is 25.9. The molecule has 48 heavy (non-hydrogen) atoms. The van der Waals surface area contributed by atoms with Crippen LogP contribution in [0.25, 0.3) is 87.7 Å². The van der Waals surface area contributed by atoms with Crippen molar-refractivity contribution in [3.63, 3.8) is 0 Å². The summed E-state index contributed by atoms with van der Waals surface area (Å²) in [7, 11) is 0. The maximum absolute atomic E-state index is 9.54. The Hall–Kier alpha value is -6.63. The quantitative estimate of drug-likeness (QED) is 0.183. The summed E-state index contributed by atoms with van der Waals surface area (Å²) in [5, 5.41) is 19.0. The number of aromatic nitrogens is 2. The predicted octanol–water partition coefficient (Wildman–Crippen LogP) is 11.7. The molecule has 0 bridgehead atoms. The minimum atomic E-state index is 0.678. The number of rotatable bonds is 3. The molecule has 10 aromatic rings. The monoisotopic (exact) mass is 609 g/mol. The van der Waals surface area contributed by atoms with Gasteiger partial charge in [-0.3, -0.25) is 0 Å². The fourth-order valence-electron chi connectivity index (χ4n) is 7.69. The van der Waals surface area contributed by atoms with Gasteiger partial charge in [0.25, 0.3) is 0 Å². The van der Waals surface area contributed by atoms with E-state index in [0.29, 0.717) is 5.56 Å². The van der Waals surface area contributed by atoms with Crippen LogP contribution in [-0.2, 0) is 0 Å². The van der Waals surface area contributed by atoms with Crippen LogP contribution in [0.1, 0.15) is 5.56 Å². The van der Waals surface area contributed by atoms with Crippen molar-refractivity contribution in [1.82, 2.24) is 9.13 Å². The average Bonchev–Trinajstić information content (AvgIpc) is 3.67. The maximum Gasteiger partial charge on any atom is 0.0991 e. The van der Waals surface area contributed by atoms with E-state index in [9.17, 15) is 5.26 Å². The number of benzene rings is 8. The van der Waals surface area contributed by atoms with E-state index >= 15 is 0 Å². The number of para-hydroxylation sites is 3. The van der Waals surface area contributed by atoms with Gasteiger partial charge in [-0.1, -0.05) is 97.1 Å². The van der Waals surface area contributed by atoms with Gasteiger partial charge in [0.05, 0.1) is 33.7 Å². The van der Waals surface area contributed by atoms with E-state index < -0.39 is 0 Å². The Kier molecular flexibility index (Phi) is 5.64. The number of nitriles is 1. The first-order valence-corrected chi connectivity index (χ1v) is 16.2. The second kappa shape index (κ2) is 10.2. The van der Waals surface area contributed by atoms with Gasteiger partial charge in [0, 0.05) is 32.9 Å². The SMILES string of the molecule is N#Cc1ccc2ccc3cc(-n4c5ccccc5c5ccc(-c6ccc7c(c6)c6ccccc6n7-c6ccccc6)cc54)ccc3c2c1. The summed E-state index contributed by atoms with van der Waals surface area (Å²) in [5.41, 5.74) is 10.1. The smallest absolute Gasteiger partial charge is 0.0991 e. The molecule has 222 valence electrons. The highest BCUT2D eigenvalue weighted by atomic mass is 15.0. The molecule has 0 amide bonds. The Morgan fingerprint density at radius 2 is 0.958 bits per heavy atom. The minimum absolute atomic E-state index is 0.678. The lowest BCUT2D eigenvalue weighted by Crippen LogP contribution is -1.94. The van der Waals surface area contributed by atoms with Gasteiger partial charge in [-0.15, -0.1) is 0 Å². The number of hydrogen-bond acceptors (Lipinski definition) is 1. The molecule has 0 spiro atoms. The van der Waals surface area contributed by atoms with E-state index in [1.807, 2.05) is 18.2 Å². The van der Waals surface area contributed by atoms with Crippen LogP contribution >= 0.6 is 0 Å². The molecule has 0 atom stereocenters. The maximum atomic E-state index is 9.54. The summed E-state index contributed by atoms with van der Waals surface area (Å²) in [6.07, 6.45) is 0. The predicted molar refractivity (Wildman–Crippen MR) is 200 cm³/mol. The van der Waals surface area contributed by atoms with Crippen LogP contribution < -0.4 is 0 Å². The third-order valence-electron chi connectivity index (χ3n) is 9.90. The average molecular weight is 610 g/mol. The highest BCUT2D eigenvalue weighted by Gasteiger charge is 2.16. The first kappa shape index (κ1) is 26.6. The molecule has 3 nitrogen and oxygen atoms in total. The standard InChI is InChI=1S/C45H27N3/c46-28-29-14-15-30-16-17-33-25-35(20-22-36(33)40(30)24-29)48-42-12-6-4-10-37(42)39-21-18-32(27-45(39)48)31-19-23-44-41(26-31)38-11-5-7-13-43(38)47(44)34-8-2-1-3-9-34/h1-27H. The highest BCUT2D eigenvalue weighted by molar-refractivity contribution is 6.13. The molecule has 2 aromatic heterocycles. The molecule has 0 aliphatic rings. The third kappa shape index (κ3) is 3.87. The Labute approximate surface area is 276 Å². The number of fused-ring (bicyclic) bond motifs is 9. The largest absolute Gasteiger partial charge is 0.309 e. The van der Waals surface area contributed by atoms with Crippen molar-refractivity contribution in [2.45, 2.75) is 0 Å². The topological polar surface area (TPSA) is 33.6 Å². The minimum Gasteiger partial charge on any atom is -0.309 e. The molecule has 3 heteroatoms. The van der Waals surface area contributed by atoms with E-state index in [4.69, 9.17) is 0 Å². The first-order chi connectivity index (χ1) is 23.7. The lowest BCUT2D eigenvalue weighted by atomic mass is 9.99. The molecular weight excluding hydrogens is 583 g/mol. The summed E-state index contributed by atoms with van der Waals surface area (Å²) in [6.45, 7) is 0. The summed E-state index contributed by atoms with van der Waals surface area (Å²) in [5.74, 6) is 0. The van der Waals surface area contributed by atoms with E-state index in [1.165, 1.54) is 54.7 Å². The van der Waals surface area contributed by atoms with Gasteiger partial charge < -0.3 is 9.13 Å². The molecule has 0 radical (unpaired) electrons. The zero-order chi connectivity index (χ0) is 31.8. The van der Waals surface area contributed by atoms with Crippen LogP contribution in [0.3, 0.4) is 0 Å². The van der Waals surface area contributed by atoms with Crippen molar-refractivity contribution in [3.05, 3.63) is 169 Å². The number of hydrogen-bond donors (Lipinski definition) is 0. The Bertz CT molecular complexity index is 2950. The Morgan fingerprint density at radius 3 is 1.77 bits per heavy atom. The van der Waals surface area contributed by atoms with Crippen molar-refractivity contribution in [2.24, 2.45) is 0 Å². The van der Waals surface area contributed by atoms with Crippen LogP contribution in [0, 0.1) is 11.3 Å². The third-order valence-corrected chi connectivity index (χ3v) is 9.90. The highest BCUT2D eigenvalue weighted by Crippen LogP contribution is 2.39. The summed E-state index contributed by atoms with van der Waals surface area (Å²) in [4.78, 5) is 0. The second-order valence-corrected chi connectivity index (χ2v) is 12.5. The van der Waals surface area contributed by atoms with Crippen LogP contribution in [-0.4, -0.2) is 9.13 Å². The van der Waals surface area contributed by atoms with Crippen LogP contribution in [0.15, 0.2) is 164 Å². The molecule has 10 rings (SSSR count). The summed E-state index contributed by atoms with van der Waals surface area (Å²) in [6, 6.07) is 61.0. The molecule has 2 heterocycles. The van der Waals surface area contributed by atoms with Crippen molar-refractivity contribution in [2.75, 3.05) is 0 Å². The molecule has 0 unspecified atom stereocenters. The van der Waals surface area contributed by atoms with E-state index in [1.54, 1.807) is 0 Å². The van der Waals surface area contributed by atoms with Crippen molar-refractivity contribution in [1.29, 1.82) is 5.26 Å².